The van der Waals surface area contributed by atoms with E-state index in [0.29, 0.717) is 17.7 Å². The van der Waals surface area contributed by atoms with Crippen LogP contribution >= 0.6 is 0 Å². The Morgan fingerprint density at radius 2 is 2.07 bits per heavy atom. The Hall–Kier alpha value is -1.71. The van der Waals surface area contributed by atoms with Gasteiger partial charge >= 0.3 is 0 Å². The van der Waals surface area contributed by atoms with Gasteiger partial charge in [-0.05, 0) is 25.0 Å². The van der Waals surface area contributed by atoms with Crippen molar-refractivity contribution >= 4 is 5.71 Å². The fraction of sp³-hybridized carbons (Fsp3) is 0.364. The largest absolute Gasteiger partial charge is 0.508 e. The number of aromatic hydroxyl groups is 2. The molecule has 4 nitrogen and oxygen atoms in total. The van der Waals surface area contributed by atoms with Crippen LogP contribution in [0.4, 0.5) is 0 Å². The van der Waals surface area contributed by atoms with Crippen molar-refractivity contribution in [3.63, 3.8) is 0 Å². The molecule has 0 aromatic heterocycles. The average Bonchev–Trinajstić information content (AvgIpc) is 2.21. The molecule has 0 saturated heterocycles. The number of benzene rings is 1. The van der Waals surface area contributed by atoms with Crippen LogP contribution in [0.2, 0.25) is 0 Å². The molecule has 4 heteroatoms. The van der Waals surface area contributed by atoms with E-state index in [4.69, 9.17) is 10.3 Å². The third-order valence-electron chi connectivity index (χ3n) is 2.18. The molecule has 0 atom stereocenters. The molecule has 1 rings (SSSR count). The highest BCUT2D eigenvalue weighted by atomic mass is 16.4. The molecule has 0 heterocycles. The number of phenols is 2. The van der Waals surface area contributed by atoms with Gasteiger partial charge in [-0.3, -0.25) is 0 Å². The SMILES string of the molecule is CCCC/C(=N/O)c1ccc(O)cc1O. The summed E-state index contributed by atoms with van der Waals surface area (Å²) in [6, 6.07) is 4.22. The lowest BCUT2D eigenvalue weighted by Gasteiger charge is -2.06. The monoisotopic (exact) mass is 209 g/mol. The van der Waals surface area contributed by atoms with E-state index in [1.807, 2.05) is 6.92 Å². The highest BCUT2D eigenvalue weighted by Crippen LogP contribution is 2.24. The first kappa shape index (κ1) is 11.4. The van der Waals surface area contributed by atoms with Crippen molar-refractivity contribution in [2.75, 3.05) is 0 Å². The summed E-state index contributed by atoms with van der Waals surface area (Å²) in [6.07, 6.45) is 2.48. The zero-order valence-corrected chi connectivity index (χ0v) is 8.64. The molecule has 1 aromatic rings. The quantitative estimate of drug-likeness (QED) is 0.405. The van der Waals surface area contributed by atoms with Crippen LogP contribution in [0.15, 0.2) is 23.4 Å². The third kappa shape index (κ3) is 2.87. The van der Waals surface area contributed by atoms with Crippen molar-refractivity contribution in [1.82, 2.24) is 0 Å². The van der Waals surface area contributed by atoms with Crippen LogP contribution in [-0.4, -0.2) is 21.1 Å². The Balaban J connectivity index is 2.93. The molecule has 0 radical (unpaired) electrons. The van der Waals surface area contributed by atoms with Crippen molar-refractivity contribution in [2.45, 2.75) is 26.2 Å². The highest BCUT2D eigenvalue weighted by Gasteiger charge is 2.09. The van der Waals surface area contributed by atoms with E-state index in [9.17, 15) is 5.11 Å². The Kier molecular flexibility index (Phi) is 3.97. The summed E-state index contributed by atoms with van der Waals surface area (Å²) in [6.45, 7) is 2.03. The van der Waals surface area contributed by atoms with Crippen molar-refractivity contribution in [3.8, 4) is 11.5 Å². The van der Waals surface area contributed by atoms with Crippen molar-refractivity contribution in [3.05, 3.63) is 23.8 Å². The minimum Gasteiger partial charge on any atom is -0.508 e. The van der Waals surface area contributed by atoms with Gasteiger partial charge in [0.25, 0.3) is 0 Å². The van der Waals surface area contributed by atoms with Crippen LogP contribution in [0, 0.1) is 0 Å². The summed E-state index contributed by atoms with van der Waals surface area (Å²) in [7, 11) is 0. The predicted octanol–water partition coefficient (Wildman–Crippen LogP) is 2.47. The zero-order chi connectivity index (χ0) is 11.3. The second-order valence-electron chi connectivity index (χ2n) is 3.35. The van der Waals surface area contributed by atoms with Gasteiger partial charge in [-0.25, -0.2) is 0 Å². The van der Waals surface area contributed by atoms with E-state index in [0.717, 1.165) is 12.8 Å². The van der Waals surface area contributed by atoms with Gasteiger partial charge in [0.2, 0.25) is 0 Å². The molecule has 0 aliphatic heterocycles. The van der Waals surface area contributed by atoms with Gasteiger partial charge in [-0.15, -0.1) is 0 Å². The number of nitrogens with zero attached hydrogens (tertiary/aromatic N) is 1. The number of unbranched alkanes of at least 4 members (excludes halogenated alkanes) is 1. The number of rotatable bonds is 4. The van der Waals surface area contributed by atoms with E-state index in [1.165, 1.54) is 18.2 Å². The molecule has 0 spiro atoms. The fourth-order valence-corrected chi connectivity index (χ4v) is 1.35. The van der Waals surface area contributed by atoms with E-state index >= 15 is 0 Å². The zero-order valence-electron chi connectivity index (χ0n) is 8.64. The van der Waals surface area contributed by atoms with Gasteiger partial charge < -0.3 is 15.4 Å². The number of hydrogen-bond acceptors (Lipinski definition) is 4. The summed E-state index contributed by atoms with van der Waals surface area (Å²) >= 11 is 0. The molecule has 0 unspecified atom stereocenters. The topological polar surface area (TPSA) is 73.1 Å². The van der Waals surface area contributed by atoms with E-state index in [-0.39, 0.29) is 11.5 Å². The number of oxime groups is 1. The van der Waals surface area contributed by atoms with Crippen molar-refractivity contribution in [1.29, 1.82) is 0 Å². The summed E-state index contributed by atoms with van der Waals surface area (Å²) in [5.41, 5.74) is 0.901. The van der Waals surface area contributed by atoms with E-state index in [1.54, 1.807) is 0 Å². The second-order valence-corrected chi connectivity index (χ2v) is 3.35. The standard InChI is InChI=1S/C11H15NO3/c1-2-3-4-10(12-15)9-6-5-8(13)7-11(9)14/h5-7,13-15H,2-4H2,1H3/b12-10-. The first-order valence-corrected chi connectivity index (χ1v) is 4.92. The third-order valence-corrected chi connectivity index (χ3v) is 2.18. The van der Waals surface area contributed by atoms with E-state index in [2.05, 4.69) is 5.16 Å². The predicted molar refractivity (Wildman–Crippen MR) is 57.6 cm³/mol. The van der Waals surface area contributed by atoms with Gasteiger partial charge in [0, 0.05) is 11.6 Å². The van der Waals surface area contributed by atoms with Gasteiger partial charge in [0.15, 0.2) is 0 Å². The molecule has 0 amide bonds. The molecule has 0 aliphatic carbocycles. The van der Waals surface area contributed by atoms with Crippen molar-refractivity contribution in [2.24, 2.45) is 5.16 Å². The smallest absolute Gasteiger partial charge is 0.128 e. The maximum Gasteiger partial charge on any atom is 0.128 e. The van der Waals surface area contributed by atoms with Crippen molar-refractivity contribution < 1.29 is 15.4 Å². The molecule has 82 valence electrons. The molecule has 15 heavy (non-hydrogen) atoms. The van der Waals surface area contributed by atoms with Gasteiger partial charge in [-0.2, -0.15) is 0 Å². The van der Waals surface area contributed by atoms with Crippen LogP contribution in [0.25, 0.3) is 0 Å². The fourth-order valence-electron chi connectivity index (χ4n) is 1.35. The van der Waals surface area contributed by atoms with Crippen LogP contribution in [-0.2, 0) is 0 Å². The van der Waals surface area contributed by atoms with Gasteiger partial charge in [-0.1, -0.05) is 18.5 Å². The normalized spacial score (nSPS) is 11.7. The molecule has 1 aromatic carbocycles. The summed E-state index contributed by atoms with van der Waals surface area (Å²) in [5.74, 6) is -0.0806. The Labute approximate surface area is 88.5 Å². The minimum absolute atomic E-state index is 0.0102. The first-order chi connectivity index (χ1) is 7.19. The molecular formula is C11H15NO3. The average molecular weight is 209 g/mol. The minimum atomic E-state index is -0.0705. The molecule has 0 aliphatic rings. The van der Waals surface area contributed by atoms with Crippen LogP contribution in [0.1, 0.15) is 31.7 Å². The maximum absolute atomic E-state index is 9.54. The van der Waals surface area contributed by atoms with Crippen LogP contribution in [0.3, 0.4) is 0 Å². The lowest BCUT2D eigenvalue weighted by molar-refractivity contribution is 0.317. The summed E-state index contributed by atoms with van der Waals surface area (Å²) in [5, 5.41) is 30.6. The molecule has 3 N–H and O–H groups in total. The van der Waals surface area contributed by atoms with Crippen LogP contribution < -0.4 is 0 Å². The number of hydrogen-bond donors (Lipinski definition) is 3. The number of phenolic OH excluding ortho intramolecular Hbond substituents is 2. The highest BCUT2D eigenvalue weighted by molar-refractivity contribution is 6.02. The Morgan fingerprint density at radius 3 is 2.60 bits per heavy atom. The summed E-state index contributed by atoms with van der Waals surface area (Å²) < 4.78 is 0. The summed E-state index contributed by atoms with van der Waals surface area (Å²) in [4.78, 5) is 0. The van der Waals surface area contributed by atoms with Crippen LogP contribution in [0.5, 0.6) is 11.5 Å². The molecule has 0 bridgehead atoms. The Morgan fingerprint density at radius 1 is 1.33 bits per heavy atom. The van der Waals surface area contributed by atoms with E-state index < -0.39 is 0 Å². The maximum atomic E-state index is 9.54. The lowest BCUT2D eigenvalue weighted by Crippen LogP contribution is -2.01. The first-order valence-electron chi connectivity index (χ1n) is 4.92. The lowest BCUT2D eigenvalue weighted by atomic mass is 10.0. The van der Waals surface area contributed by atoms with Gasteiger partial charge in [0.1, 0.15) is 11.5 Å². The Bertz CT molecular complexity index is 361. The molecular weight excluding hydrogens is 194 g/mol. The molecule has 0 saturated carbocycles. The second kappa shape index (κ2) is 5.24. The van der Waals surface area contributed by atoms with Gasteiger partial charge in [0.05, 0.1) is 5.71 Å². The molecule has 0 fully saturated rings.